The van der Waals surface area contributed by atoms with Crippen molar-refractivity contribution in [3.8, 4) is 0 Å². The minimum absolute atomic E-state index is 0.0177. The van der Waals surface area contributed by atoms with Gasteiger partial charge in [0.05, 0.1) is 12.3 Å². The topological polar surface area (TPSA) is 38.7 Å². The Labute approximate surface area is 207 Å². The monoisotopic (exact) mass is 463 g/mol. The first-order valence-corrected chi connectivity index (χ1v) is 13.5. The van der Waals surface area contributed by atoms with Crippen LogP contribution in [-0.4, -0.2) is 24.2 Å². The second-order valence-electron chi connectivity index (χ2n) is 12.8. The third-order valence-corrected chi connectivity index (χ3v) is 8.93. The fourth-order valence-corrected chi connectivity index (χ4v) is 6.32. The predicted molar refractivity (Wildman–Crippen MR) is 142 cm³/mol. The molecule has 0 aromatic heterocycles. The molecule has 0 aromatic rings. The second kappa shape index (κ2) is 9.72. The highest BCUT2D eigenvalue weighted by Gasteiger charge is 2.47. The summed E-state index contributed by atoms with van der Waals surface area (Å²) in [5.74, 6) is 1.70. The van der Waals surface area contributed by atoms with Crippen LogP contribution in [0.2, 0.25) is 0 Å². The minimum atomic E-state index is -0.343. The highest BCUT2D eigenvalue weighted by molar-refractivity contribution is 6.29. The lowest BCUT2D eigenvalue weighted by Gasteiger charge is -2.52. The van der Waals surface area contributed by atoms with Crippen molar-refractivity contribution in [3.63, 3.8) is 0 Å². The molecule has 186 valence electrons. The van der Waals surface area contributed by atoms with E-state index in [0.29, 0.717) is 28.6 Å². The van der Waals surface area contributed by atoms with Crippen molar-refractivity contribution in [2.75, 3.05) is 0 Å². The van der Waals surface area contributed by atoms with Crippen molar-refractivity contribution in [2.45, 2.75) is 106 Å². The van der Waals surface area contributed by atoms with E-state index < -0.39 is 0 Å². The van der Waals surface area contributed by atoms with E-state index in [0.717, 1.165) is 37.8 Å². The second-order valence-corrected chi connectivity index (χ2v) is 12.8. The van der Waals surface area contributed by atoms with Gasteiger partial charge in [-0.1, -0.05) is 65.3 Å². The number of ketones is 1. The molecule has 4 atom stereocenters. The third-order valence-electron chi connectivity index (χ3n) is 8.93. The maximum absolute atomic E-state index is 12.8. The first-order valence-electron chi connectivity index (χ1n) is 13.5. The molecule has 3 nitrogen and oxygen atoms in total. The third kappa shape index (κ3) is 5.40. The Morgan fingerprint density at radius 2 is 1.79 bits per heavy atom. The van der Waals surface area contributed by atoms with Gasteiger partial charge in [0.2, 0.25) is 5.78 Å². The summed E-state index contributed by atoms with van der Waals surface area (Å²) in [6.45, 7) is 16.4. The highest BCUT2D eigenvalue weighted by Crippen LogP contribution is 2.56. The van der Waals surface area contributed by atoms with Crippen LogP contribution in [0.25, 0.3) is 0 Å². The molecule has 0 spiro atoms. The number of carbonyl (C=O) groups excluding carboxylic acids is 1. The Hall–Kier alpha value is -1.74. The number of carbonyl (C=O) groups is 1. The molecule has 1 aliphatic heterocycles. The molecule has 34 heavy (non-hydrogen) atoms. The van der Waals surface area contributed by atoms with E-state index in [4.69, 9.17) is 4.74 Å². The number of nitrogens with zero attached hydrogens (tertiary/aromatic N) is 1. The van der Waals surface area contributed by atoms with Crippen LogP contribution in [0.15, 0.2) is 51.7 Å². The zero-order valence-electron chi connectivity index (χ0n) is 22.5. The van der Waals surface area contributed by atoms with Crippen LogP contribution in [0.5, 0.6) is 0 Å². The van der Waals surface area contributed by atoms with Crippen molar-refractivity contribution in [1.82, 2.24) is 0 Å². The van der Waals surface area contributed by atoms with Crippen LogP contribution in [0, 0.1) is 28.6 Å². The molecular formula is C31H45NO2. The molecule has 0 radical (unpaired) electrons. The van der Waals surface area contributed by atoms with E-state index in [1.165, 1.54) is 35.8 Å². The van der Waals surface area contributed by atoms with E-state index in [1.807, 2.05) is 0 Å². The first-order chi connectivity index (χ1) is 16.0. The van der Waals surface area contributed by atoms with E-state index in [2.05, 4.69) is 77.8 Å². The molecule has 3 heteroatoms. The number of rotatable bonds is 6. The molecule has 3 aliphatic carbocycles. The van der Waals surface area contributed by atoms with Gasteiger partial charge in [-0.05, 0) is 97.7 Å². The number of Topliss-reactive ketones (excluding diaryl/α,β-unsaturated/α-hetero) is 1. The molecule has 0 aromatic carbocycles. The predicted octanol–water partition coefficient (Wildman–Crippen LogP) is 7.79. The molecule has 0 bridgehead atoms. The quantitative estimate of drug-likeness (QED) is 0.377. The van der Waals surface area contributed by atoms with Gasteiger partial charge in [0.25, 0.3) is 0 Å². The van der Waals surface area contributed by atoms with Gasteiger partial charge in [-0.3, -0.25) is 9.79 Å². The van der Waals surface area contributed by atoms with Gasteiger partial charge in [-0.25, -0.2) is 0 Å². The van der Waals surface area contributed by atoms with Crippen LogP contribution in [0.3, 0.4) is 0 Å². The number of hydrogen-bond acceptors (Lipinski definition) is 3. The van der Waals surface area contributed by atoms with Gasteiger partial charge in [-0.2, -0.15) is 0 Å². The van der Waals surface area contributed by atoms with Crippen LogP contribution in [0.1, 0.15) is 93.4 Å². The summed E-state index contributed by atoms with van der Waals surface area (Å²) in [5, 5.41) is 0. The number of allylic oxidation sites excluding steroid dienone is 7. The number of fused-ring (bicyclic) bond motifs is 1. The maximum atomic E-state index is 12.8. The summed E-state index contributed by atoms with van der Waals surface area (Å²) in [6, 6.07) is 0. The Bertz CT molecular complexity index is 956. The lowest BCUT2D eigenvalue weighted by molar-refractivity contribution is -0.122. The van der Waals surface area contributed by atoms with Crippen LogP contribution in [0.4, 0.5) is 0 Å². The van der Waals surface area contributed by atoms with Crippen molar-refractivity contribution < 1.29 is 9.53 Å². The molecule has 4 rings (SSSR count). The Morgan fingerprint density at radius 3 is 2.47 bits per heavy atom. The Morgan fingerprint density at radius 1 is 1.12 bits per heavy atom. The molecule has 2 fully saturated rings. The van der Waals surface area contributed by atoms with E-state index in [9.17, 15) is 4.79 Å². The largest absolute Gasteiger partial charge is 0.366 e. The zero-order chi connectivity index (χ0) is 24.7. The summed E-state index contributed by atoms with van der Waals surface area (Å²) < 4.78 is 6.26. The molecular weight excluding hydrogens is 418 g/mol. The van der Waals surface area contributed by atoms with E-state index in [1.54, 1.807) is 0 Å². The summed E-state index contributed by atoms with van der Waals surface area (Å²) >= 11 is 0. The van der Waals surface area contributed by atoms with Gasteiger partial charge in [0.15, 0.2) is 0 Å². The molecule has 0 N–H and O–H groups in total. The first kappa shape index (κ1) is 25.4. The number of ether oxygens (including phenoxy) is 1. The van der Waals surface area contributed by atoms with Crippen molar-refractivity contribution in [2.24, 2.45) is 33.6 Å². The number of hydrogen-bond donors (Lipinski definition) is 0. The summed E-state index contributed by atoms with van der Waals surface area (Å²) in [5.41, 5.74) is 5.84. The van der Waals surface area contributed by atoms with E-state index >= 15 is 0 Å². The van der Waals surface area contributed by atoms with Crippen LogP contribution < -0.4 is 0 Å². The lowest BCUT2D eigenvalue weighted by atomic mass is 9.52. The van der Waals surface area contributed by atoms with Crippen molar-refractivity contribution in [1.29, 1.82) is 0 Å². The Kier molecular flexibility index (Phi) is 7.25. The van der Waals surface area contributed by atoms with Crippen LogP contribution >= 0.6 is 0 Å². The fraction of sp³-hybridized carbons (Fsp3) is 0.677. The maximum Gasteiger partial charge on any atom is 0.202 e. The van der Waals surface area contributed by atoms with Crippen molar-refractivity contribution >= 4 is 12.0 Å². The van der Waals surface area contributed by atoms with Gasteiger partial charge in [0.1, 0.15) is 6.10 Å². The van der Waals surface area contributed by atoms with E-state index in [-0.39, 0.29) is 18.0 Å². The molecule has 1 saturated heterocycles. The molecule has 4 unspecified atom stereocenters. The summed E-state index contributed by atoms with van der Waals surface area (Å²) in [6.07, 6.45) is 18.0. The minimum Gasteiger partial charge on any atom is -0.366 e. The normalized spacial score (nSPS) is 32.7. The molecule has 1 heterocycles. The van der Waals surface area contributed by atoms with Gasteiger partial charge in [-0.15, -0.1) is 0 Å². The smallest absolute Gasteiger partial charge is 0.202 e. The molecule has 1 saturated carbocycles. The van der Waals surface area contributed by atoms with Gasteiger partial charge in [0, 0.05) is 5.70 Å². The molecule has 0 amide bonds. The highest BCUT2D eigenvalue weighted by atomic mass is 16.5. The average molecular weight is 464 g/mol. The Balaban J connectivity index is 1.38. The SMILES string of the molecule is CC1=CC2C(C=C1CC1CCC(C(=O)C=NC3=CC(C(C)C)=CCC3)O1)C(C)(C)CCC2(C)C. The van der Waals surface area contributed by atoms with Gasteiger partial charge >= 0.3 is 0 Å². The summed E-state index contributed by atoms with van der Waals surface area (Å²) in [7, 11) is 0. The lowest BCUT2D eigenvalue weighted by Crippen LogP contribution is -2.44. The molecule has 4 aliphatic rings. The number of aliphatic imine (C=N–C) groups is 1. The zero-order valence-corrected chi connectivity index (χ0v) is 22.5. The average Bonchev–Trinajstić information content (AvgIpc) is 3.25. The van der Waals surface area contributed by atoms with Crippen molar-refractivity contribution in [3.05, 3.63) is 46.7 Å². The fourth-order valence-electron chi connectivity index (χ4n) is 6.32. The van der Waals surface area contributed by atoms with Crippen LogP contribution in [-0.2, 0) is 9.53 Å². The standard InChI is InChI=1S/C31H45NO2/c1-20(2)22-9-8-10-24(16-22)32-19-28(33)29-12-11-25(34-29)17-23-18-27-26(15-21(23)3)30(4,5)13-14-31(27,6)7/h9,15-16,18-20,25-27,29H,8,10-14,17H2,1-7H3. The summed E-state index contributed by atoms with van der Waals surface area (Å²) in [4.78, 5) is 17.3. The van der Waals surface area contributed by atoms with Gasteiger partial charge < -0.3 is 4.74 Å².